The van der Waals surface area contributed by atoms with Crippen molar-refractivity contribution in [3.8, 4) is 0 Å². The average Bonchev–Trinajstić information content (AvgIpc) is 1.69. The van der Waals surface area contributed by atoms with Gasteiger partial charge < -0.3 is 0 Å². The molecule has 0 bridgehead atoms. The maximum atomic E-state index is 3.60. The van der Waals surface area contributed by atoms with E-state index in [1.54, 1.807) is 11.5 Å². The summed E-state index contributed by atoms with van der Waals surface area (Å²) in [7, 11) is 1.29. The SMILES string of the molecule is C=BSBCBC. The van der Waals surface area contributed by atoms with Crippen LogP contribution in [0.2, 0.25) is 13.0 Å². The summed E-state index contributed by atoms with van der Waals surface area (Å²) in [5, 5.41) is 0. The van der Waals surface area contributed by atoms with Crippen LogP contribution in [0, 0.1) is 0 Å². The fourth-order valence-corrected chi connectivity index (χ4v) is 0.933. The monoisotopic (exact) mass is 110 g/mol. The van der Waals surface area contributed by atoms with Gasteiger partial charge in [0.15, 0.2) is 0 Å². The molecule has 0 saturated carbocycles. The van der Waals surface area contributed by atoms with E-state index in [2.05, 4.69) is 13.3 Å². The summed E-state index contributed by atoms with van der Waals surface area (Å²) in [6.45, 7) is 7.03. The molecule has 7 heavy (non-hydrogen) atoms. The first kappa shape index (κ1) is 7.41. The van der Waals surface area contributed by atoms with E-state index in [9.17, 15) is 0 Å². The Morgan fingerprint density at radius 2 is 2.57 bits per heavy atom. The third-order valence-electron chi connectivity index (χ3n) is 0.734. The van der Waals surface area contributed by atoms with Crippen molar-refractivity contribution in [3.63, 3.8) is 0 Å². The molecule has 0 aliphatic rings. The predicted molar refractivity (Wildman–Crippen MR) is 45.4 cm³/mol. The third-order valence-corrected chi connectivity index (χ3v) is 1.49. The first-order valence-corrected chi connectivity index (χ1v) is 3.69. The molecule has 0 aromatic rings. The standard InChI is InChI=1S/C3H9B3S/c1-4-3-6-7-5-2/h4,6H,2-3H2,1H3. The molecule has 0 N–H and O–H groups in total. The van der Waals surface area contributed by atoms with Gasteiger partial charge in [-0.3, -0.25) is 0 Å². The fourth-order valence-electron chi connectivity index (χ4n) is 0.311. The van der Waals surface area contributed by atoms with Gasteiger partial charge in [0, 0.05) is 0 Å². The molecule has 4 heteroatoms. The molecule has 0 spiro atoms. The van der Waals surface area contributed by atoms with Crippen LogP contribution < -0.4 is 0 Å². The van der Waals surface area contributed by atoms with Crippen LogP contribution >= 0.6 is 11.5 Å². The molecule has 0 rings (SSSR count). The molecule has 0 unspecified atom stereocenters. The van der Waals surface area contributed by atoms with Crippen molar-refractivity contribution in [2.75, 3.05) is 0 Å². The van der Waals surface area contributed by atoms with Crippen LogP contribution in [-0.2, 0) is 0 Å². The third kappa shape index (κ3) is 6.41. The van der Waals surface area contributed by atoms with E-state index in [0.717, 1.165) is 0 Å². The number of rotatable bonds is 4. The summed E-state index contributed by atoms with van der Waals surface area (Å²) in [5.74, 6) is 0. The Labute approximate surface area is 51.6 Å². The fraction of sp³-hybridized carbons (Fsp3) is 0.667. The van der Waals surface area contributed by atoms with E-state index >= 15 is 0 Å². The van der Waals surface area contributed by atoms with Gasteiger partial charge in [-0.1, -0.05) is 0 Å². The zero-order chi connectivity index (χ0) is 5.54. The van der Waals surface area contributed by atoms with Crippen molar-refractivity contribution >= 4 is 38.0 Å². The molecular weight excluding hydrogens is 101 g/mol. The summed E-state index contributed by atoms with van der Waals surface area (Å²) < 4.78 is 0. The Balaban J connectivity index is 2.56. The van der Waals surface area contributed by atoms with Gasteiger partial charge in [0.25, 0.3) is 0 Å². The summed E-state index contributed by atoms with van der Waals surface area (Å²) in [6.07, 6.45) is 3.21. The second kappa shape index (κ2) is 6.41. The van der Waals surface area contributed by atoms with Gasteiger partial charge >= 0.3 is 51.0 Å². The van der Waals surface area contributed by atoms with Crippen LogP contribution in [0.15, 0.2) is 0 Å². The van der Waals surface area contributed by atoms with Gasteiger partial charge in [-0.2, -0.15) is 0 Å². The van der Waals surface area contributed by atoms with Crippen molar-refractivity contribution in [2.24, 2.45) is 0 Å². The summed E-state index contributed by atoms with van der Waals surface area (Å²) in [4.78, 5) is 0. The van der Waals surface area contributed by atoms with Crippen LogP contribution in [0.1, 0.15) is 0 Å². The Bertz CT molecular complexity index is 47.4. The van der Waals surface area contributed by atoms with Gasteiger partial charge in [0.2, 0.25) is 0 Å². The van der Waals surface area contributed by atoms with Crippen LogP contribution in [0.4, 0.5) is 0 Å². The maximum absolute atomic E-state index is 3.60. The second-order valence-corrected chi connectivity index (χ2v) is 2.47. The van der Waals surface area contributed by atoms with E-state index in [0.29, 0.717) is 0 Å². The van der Waals surface area contributed by atoms with Crippen molar-refractivity contribution < 1.29 is 0 Å². The summed E-state index contributed by atoms with van der Waals surface area (Å²) >= 11 is 1.80. The van der Waals surface area contributed by atoms with Gasteiger partial charge in [-0.15, -0.1) is 0 Å². The second-order valence-electron chi connectivity index (χ2n) is 1.39. The molecule has 0 aromatic heterocycles. The van der Waals surface area contributed by atoms with Crippen LogP contribution in [-0.4, -0.2) is 26.5 Å². The molecule has 0 radical (unpaired) electrons. The Hall–Kier alpha value is 0.415. The molecule has 0 aromatic carbocycles. The molecule has 36 valence electrons. The molecule has 0 atom stereocenters. The molecule has 0 fully saturated rings. The molecule has 0 saturated heterocycles. The van der Waals surface area contributed by atoms with E-state index in [-0.39, 0.29) is 0 Å². The first-order chi connectivity index (χ1) is 3.41. The Morgan fingerprint density at radius 3 is 3.00 bits per heavy atom. The quantitative estimate of drug-likeness (QED) is 0.361. The van der Waals surface area contributed by atoms with E-state index in [1.165, 1.54) is 20.1 Å². The minimum atomic E-state index is 1.24. The summed E-state index contributed by atoms with van der Waals surface area (Å²) in [6, 6.07) is 0. The van der Waals surface area contributed by atoms with Crippen molar-refractivity contribution in [1.82, 2.24) is 0 Å². The minimum absolute atomic E-state index is 1.24. The van der Waals surface area contributed by atoms with Crippen LogP contribution in [0.3, 0.4) is 0 Å². The van der Waals surface area contributed by atoms with Crippen molar-refractivity contribution in [1.29, 1.82) is 0 Å². The number of hydrogen-bond donors (Lipinski definition) is 0. The van der Waals surface area contributed by atoms with Crippen LogP contribution in [0.5, 0.6) is 0 Å². The van der Waals surface area contributed by atoms with Crippen LogP contribution in [0.25, 0.3) is 0 Å². The normalized spacial score (nSPS) is 7.00. The molecular formula is C3H9B3S. The topological polar surface area (TPSA) is 0 Å². The van der Waals surface area contributed by atoms with E-state index in [4.69, 9.17) is 0 Å². The molecule has 0 nitrogen and oxygen atoms in total. The van der Waals surface area contributed by atoms with Gasteiger partial charge in [-0.05, 0) is 0 Å². The molecule has 0 heterocycles. The molecule has 0 amide bonds. The zero-order valence-electron chi connectivity index (χ0n) is 4.81. The van der Waals surface area contributed by atoms with E-state index < -0.39 is 0 Å². The van der Waals surface area contributed by atoms with Gasteiger partial charge in [0.1, 0.15) is 0 Å². The van der Waals surface area contributed by atoms with Crippen molar-refractivity contribution in [2.45, 2.75) is 13.0 Å². The molecule has 0 aliphatic heterocycles. The zero-order valence-corrected chi connectivity index (χ0v) is 5.63. The summed E-state index contributed by atoms with van der Waals surface area (Å²) in [5.41, 5.74) is 0. The average molecular weight is 110 g/mol. The predicted octanol–water partition coefficient (Wildman–Crippen LogP) is -0.0173. The first-order valence-electron chi connectivity index (χ1n) is 2.64. The molecule has 0 aliphatic carbocycles. The Morgan fingerprint density at radius 1 is 1.86 bits per heavy atom. The van der Waals surface area contributed by atoms with E-state index in [1.807, 2.05) is 6.20 Å². The Kier molecular flexibility index (Phi) is 6.79. The van der Waals surface area contributed by atoms with Gasteiger partial charge in [0.05, 0.1) is 0 Å². The van der Waals surface area contributed by atoms with Gasteiger partial charge in [-0.25, -0.2) is 0 Å². The van der Waals surface area contributed by atoms with Crippen molar-refractivity contribution in [3.05, 3.63) is 0 Å². The number of hydrogen-bond acceptors (Lipinski definition) is 1.